The lowest BCUT2D eigenvalue weighted by Crippen LogP contribution is -2.35. The molecule has 6 nitrogen and oxygen atoms in total. The molecule has 0 atom stereocenters. The number of amides is 2. The van der Waals surface area contributed by atoms with Gasteiger partial charge in [-0.25, -0.2) is 0 Å². The summed E-state index contributed by atoms with van der Waals surface area (Å²) in [5.41, 5.74) is 1.12. The van der Waals surface area contributed by atoms with Crippen molar-refractivity contribution in [2.24, 2.45) is 0 Å². The first-order valence-electron chi connectivity index (χ1n) is 8.27. The van der Waals surface area contributed by atoms with Crippen LogP contribution in [0.25, 0.3) is 6.08 Å². The van der Waals surface area contributed by atoms with Gasteiger partial charge in [0.1, 0.15) is 5.70 Å². The number of rotatable bonds is 8. The number of halogens is 1. The fraction of sp³-hybridized carbons (Fsp3) is 0.150. The first-order valence-corrected chi connectivity index (χ1v) is 8.65. The van der Waals surface area contributed by atoms with Gasteiger partial charge in [0.15, 0.2) is 0 Å². The zero-order valence-electron chi connectivity index (χ0n) is 14.4. The van der Waals surface area contributed by atoms with Crippen LogP contribution in [0.15, 0.2) is 60.3 Å². The molecule has 0 saturated heterocycles. The molecule has 0 aliphatic heterocycles. The van der Waals surface area contributed by atoms with Crippen LogP contribution in [-0.4, -0.2) is 24.3 Å². The number of benzene rings is 2. The van der Waals surface area contributed by atoms with Crippen molar-refractivity contribution < 1.29 is 19.5 Å². The minimum Gasteiger partial charge on any atom is -0.550 e. The van der Waals surface area contributed by atoms with Crippen LogP contribution in [0, 0.1) is 0 Å². The molecule has 140 valence electrons. The summed E-state index contributed by atoms with van der Waals surface area (Å²) in [7, 11) is 0. The van der Waals surface area contributed by atoms with Crippen molar-refractivity contribution in [1.82, 2.24) is 10.6 Å². The first-order chi connectivity index (χ1) is 13.0. The highest BCUT2D eigenvalue weighted by Gasteiger charge is 2.14. The minimum atomic E-state index is -1.18. The normalized spacial score (nSPS) is 10.9. The molecule has 0 fully saturated rings. The third kappa shape index (κ3) is 6.95. The summed E-state index contributed by atoms with van der Waals surface area (Å²) in [5, 5.41) is 16.2. The molecular weight excluding hydrogens is 368 g/mol. The Morgan fingerprint density at radius 3 is 2.30 bits per heavy atom. The van der Waals surface area contributed by atoms with Crippen molar-refractivity contribution in [3.8, 4) is 0 Å². The predicted molar refractivity (Wildman–Crippen MR) is 101 cm³/mol. The second kappa shape index (κ2) is 10.1. The molecule has 0 aliphatic rings. The second-order valence-corrected chi connectivity index (χ2v) is 6.10. The van der Waals surface area contributed by atoms with Crippen molar-refractivity contribution in [2.75, 3.05) is 6.54 Å². The molecule has 2 aromatic carbocycles. The number of hydrogen-bond acceptors (Lipinski definition) is 4. The average Bonchev–Trinajstić information content (AvgIpc) is 2.66. The monoisotopic (exact) mass is 385 g/mol. The van der Waals surface area contributed by atoms with E-state index in [0.29, 0.717) is 16.1 Å². The van der Waals surface area contributed by atoms with E-state index in [4.69, 9.17) is 11.6 Å². The van der Waals surface area contributed by atoms with E-state index in [9.17, 15) is 19.5 Å². The summed E-state index contributed by atoms with van der Waals surface area (Å²) in [5.74, 6) is -2.13. The van der Waals surface area contributed by atoms with E-state index >= 15 is 0 Å². The number of nitrogens with one attached hydrogen (secondary N) is 2. The van der Waals surface area contributed by atoms with Gasteiger partial charge in [-0.1, -0.05) is 41.9 Å². The lowest BCUT2D eigenvalue weighted by molar-refractivity contribution is -0.305. The van der Waals surface area contributed by atoms with Gasteiger partial charge in [-0.15, -0.1) is 0 Å². The number of aliphatic carboxylic acids is 1. The van der Waals surface area contributed by atoms with Crippen LogP contribution in [-0.2, 0) is 9.59 Å². The summed E-state index contributed by atoms with van der Waals surface area (Å²) < 4.78 is 0. The van der Waals surface area contributed by atoms with Gasteiger partial charge < -0.3 is 20.5 Å². The van der Waals surface area contributed by atoms with Gasteiger partial charge in [-0.2, -0.15) is 0 Å². The van der Waals surface area contributed by atoms with Crippen LogP contribution in [0.5, 0.6) is 0 Å². The number of carboxylic acid groups (broad SMARTS) is 1. The quantitative estimate of drug-likeness (QED) is 0.534. The molecule has 7 heteroatoms. The molecule has 2 aromatic rings. The minimum absolute atomic E-state index is 0.0413. The molecule has 27 heavy (non-hydrogen) atoms. The van der Waals surface area contributed by atoms with Crippen molar-refractivity contribution in [3.05, 3.63) is 76.4 Å². The molecule has 2 N–H and O–H groups in total. The van der Waals surface area contributed by atoms with E-state index in [2.05, 4.69) is 10.6 Å². The van der Waals surface area contributed by atoms with Crippen LogP contribution in [0.1, 0.15) is 28.8 Å². The van der Waals surface area contributed by atoms with E-state index in [1.165, 1.54) is 6.08 Å². The van der Waals surface area contributed by atoms with E-state index in [0.717, 1.165) is 0 Å². The maximum atomic E-state index is 12.4. The SMILES string of the molecule is O=C([O-])CCCNC(=O)/C(=C\c1ccc(Cl)cc1)NC(=O)c1ccccc1. The molecule has 0 bridgehead atoms. The zero-order chi connectivity index (χ0) is 19.6. The molecule has 0 saturated carbocycles. The van der Waals surface area contributed by atoms with Crippen molar-refractivity contribution >= 4 is 35.5 Å². The lowest BCUT2D eigenvalue weighted by Gasteiger charge is -2.11. The smallest absolute Gasteiger partial charge is 0.267 e. The molecule has 0 heterocycles. The molecule has 0 unspecified atom stereocenters. The number of carboxylic acids is 1. The van der Waals surface area contributed by atoms with Crippen LogP contribution < -0.4 is 15.7 Å². The molecular formula is C20H18ClN2O4-. The van der Waals surface area contributed by atoms with Gasteiger partial charge in [-0.05, 0) is 48.7 Å². The summed E-state index contributed by atoms with van der Waals surface area (Å²) >= 11 is 5.86. The highest BCUT2D eigenvalue weighted by molar-refractivity contribution is 6.30. The Morgan fingerprint density at radius 1 is 1.00 bits per heavy atom. The number of carbonyl (C=O) groups excluding carboxylic acids is 3. The summed E-state index contributed by atoms with van der Waals surface area (Å²) in [6.07, 6.45) is 1.59. The van der Waals surface area contributed by atoms with Gasteiger partial charge in [-0.3, -0.25) is 9.59 Å². The Labute approximate surface area is 161 Å². The maximum absolute atomic E-state index is 12.4. The summed E-state index contributed by atoms with van der Waals surface area (Å²) in [6.45, 7) is 0.145. The topological polar surface area (TPSA) is 98.3 Å². The third-order valence-corrected chi connectivity index (χ3v) is 3.81. The molecule has 0 spiro atoms. The van der Waals surface area contributed by atoms with E-state index in [-0.39, 0.29) is 25.1 Å². The van der Waals surface area contributed by atoms with Crippen LogP contribution in [0.3, 0.4) is 0 Å². The lowest BCUT2D eigenvalue weighted by atomic mass is 10.1. The summed E-state index contributed by atoms with van der Waals surface area (Å²) in [6, 6.07) is 15.2. The van der Waals surface area contributed by atoms with Gasteiger partial charge in [0.25, 0.3) is 11.8 Å². The van der Waals surface area contributed by atoms with Crippen LogP contribution >= 0.6 is 11.6 Å². The third-order valence-electron chi connectivity index (χ3n) is 3.55. The van der Waals surface area contributed by atoms with E-state index in [1.54, 1.807) is 54.6 Å². The van der Waals surface area contributed by atoms with Crippen LogP contribution in [0.2, 0.25) is 5.02 Å². The number of carbonyl (C=O) groups is 3. The highest BCUT2D eigenvalue weighted by atomic mass is 35.5. The fourth-order valence-electron chi connectivity index (χ4n) is 2.20. The zero-order valence-corrected chi connectivity index (χ0v) is 15.2. The Balaban J connectivity index is 2.14. The molecule has 2 rings (SSSR count). The Morgan fingerprint density at radius 2 is 1.67 bits per heavy atom. The van der Waals surface area contributed by atoms with Crippen molar-refractivity contribution in [3.63, 3.8) is 0 Å². The van der Waals surface area contributed by atoms with Gasteiger partial charge in [0.05, 0.1) is 0 Å². The fourth-order valence-corrected chi connectivity index (χ4v) is 2.32. The second-order valence-electron chi connectivity index (χ2n) is 5.66. The van der Waals surface area contributed by atoms with Gasteiger partial charge in [0, 0.05) is 23.1 Å². The van der Waals surface area contributed by atoms with Crippen LogP contribution in [0.4, 0.5) is 0 Å². The van der Waals surface area contributed by atoms with Crippen molar-refractivity contribution in [1.29, 1.82) is 0 Å². The molecule has 0 aromatic heterocycles. The summed E-state index contributed by atoms with van der Waals surface area (Å²) in [4.78, 5) is 35.3. The Kier molecular flexibility index (Phi) is 7.58. The van der Waals surface area contributed by atoms with Gasteiger partial charge in [0.2, 0.25) is 0 Å². The standard InChI is InChI=1S/C20H19ClN2O4/c21-16-10-8-14(9-11-16)13-17(20(27)22-12-4-7-18(24)25)23-19(26)15-5-2-1-3-6-15/h1-3,5-6,8-11,13H,4,7,12H2,(H,22,27)(H,23,26)(H,24,25)/p-1/b17-13+. The maximum Gasteiger partial charge on any atom is 0.267 e. The first kappa shape index (κ1) is 20.2. The molecule has 0 aliphatic carbocycles. The number of hydrogen-bond donors (Lipinski definition) is 2. The largest absolute Gasteiger partial charge is 0.550 e. The Hall–Kier alpha value is -3.12. The van der Waals surface area contributed by atoms with Crippen molar-refractivity contribution in [2.45, 2.75) is 12.8 Å². The predicted octanol–water partition coefficient (Wildman–Crippen LogP) is 1.76. The van der Waals surface area contributed by atoms with Gasteiger partial charge >= 0.3 is 0 Å². The molecule has 0 radical (unpaired) electrons. The average molecular weight is 386 g/mol. The molecule has 2 amide bonds. The van der Waals surface area contributed by atoms with E-state index < -0.39 is 17.8 Å². The highest BCUT2D eigenvalue weighted by Crippen LogP contribution is 2.12. The van der Waals surface area contributed by atoms with E-state index in [1.807, 2.05) is 0 Å². The Bertz CT molecular complexity index is 833.